The Kier molecular flexibility index (Phi) is 3.48. The van der Waals surface area contributed by atoms with Gasteiger partial charge in [0.25, 0.3) is 5.91 Å². The van der Waals surface area contributed by atoms with Gasteiger partial charge in [0.1, 0.15) is 0 Å². The molecule has 3 nitrogen and oxygen atoms in total. The first-order valence-electron chi connectivity index (χ1n) is 5.65. The Bertz CT molecular complexity index is 470. The van der Waals surface area contributed by atoms with Crippen molar-refractivity contribution in [1.82, 2.24) is 4.90 Å². The predicted molar refractivity (Wildman–Crippen MR) is 66.3 cm³/mol. The molecule has 1 heterocycles. The zero-order chi connectivity index (χ0) is 12.4. The molecular formula is C13H14ClNO2. The van der Waals surface area contributed by atoms with Gasteiger partial charge in [-0.3, -0.25) is 9.59 Å². The predicted octanol–water partition coefficient (Wildman–Crippen LogP) is 2.45. The van der Waals surface area contributed by atoms with Gasteiger partial charge >= 0.3 is 0 Å². The number of hydrogen-bond acceptors (Lipinski definition) is 2. The molecule has 0 radical (unpaired) electrons. The molecule has 17 heavy (non-hydrogen) atoms. The molecule has 90 valence electrons. The summed E-state index contributed by atoms with van der Waals surface area (Å²) in [7, 11) is 0. The van der Waals surface area contributed by atoms with E-state index in [2.05, 4.69) is 0 Å². The van der Waals surface area contributed by atoms with Crippen LogP contribution in [0, 0.1) is 6.92 Å². The fraction of sp³-hybridized carbons (Fsp3) is 0.385. The summed E-state index contributed by atoms with van der Waals surface area (Å²) in [6.45, 7) is 2.77. The number of nitrogens with zero attached hydrogens (tertiary/aromatic N) is 1. The average molecular weight is 252 g/mol. The highest BCUT2D eigenvalue weighted by Gasteiger charge is 2.22. The van der Waals surface area contributed by atoms with Crippen LogP contribution in [0.25, 0.3) is 0 Å². The van der Waals surface area contributed by atoms with Gasteiger partial charge in [-0.25, -0.2) is 0 Å². The fourth-order valence-corrected chi connectivity index (χ4v) is 2.10. The van der Waals surface area contributed by atoms with Gasteiger partial charge in [0.05, 0.1) is 6.54 Å². The summed E-state index contributed by atoms with van der Waals surface area (Å²) in [4.78, 5) is 25.0. The van der Waals surface area contributed by atoms with Gasteiger partial charge in [0.2, 0.25) is 0 Å². The van der Waals surface area contributed by atoms with Gasteiger partial charge in [-0.2, -0.15) is 0 Å². The van der Waals surface area contributed by atoms with E-state index in [1.165, 1.54) is 0 Å². The Morgan fingerprint density at radius 2 is 2.18 bits per heavy atom. The number of carbonyl (C=O) groups excluding carboxylic acids is 2. The lowest BCUT2D eigenvalue weighted by molar-refractivity contribution is -0.121. The molecule has 1 aliphatic rings. The number of ketones is 1. The van der Waals surface area contributed by atoms with Crippen molar-refractivity contribution in [3.8, 4) is 0 Å². The third-order valence-corrected chi connectivity index (χ3v) is 3.36. The van der Waals surface area contributed by atoms with Crippen molar-refractivity contribution in [3.05, 3.63) is 34.3 Å². The van der Waals surface area contributed by atoms with E-state index in [-0.39, 0.29) is 18.2 Å². The van der Waals surface area contributed by atoms with Crippen LogP contribution in [0.3, 0.4) is 0 Å². The Morgan fingerprint density at radius 1 is 1.41 bits per heavy atom. The molecule has 1 aliphatic heterocycles. The molecule has 0 atom stereocenters. The molecule has 1 amide bonds. The number of hydrogen-bond donors (Lipinski definition) is 0. The zero-order valence-corrected chi connectivity index (χ0v) is 10.5. The maximum atomic E-state index is 12.1. The lowest BCUT2D eigenvalue weighted by Crippen LogP contribution is -2.40. The summed E-state index contributed by atoms with van der Waals surface area (Å²) in [5, 5.41) is 0.583. The van der Waals surface area contributed by atoms with Crippen LogP contribution in [0.15, 0.2) is 18.2 Å². The third kappa shape index (κ3) is 2.67. The van der Waals surface area contributed by atoms with Crippen molar-refractivity contribution in [2.45, 2.75) is 19.8 Å². The van der Waals surface area contributed by atoms with Gasteiger partial charge < -0.3 is 4.90 Å². The lowest BCUT2D eigenvalue weighted by atomic mass is 10.1. The summed E-state index contributed by atoms with van der Waals surface area (Å²) in [6, 6.07) is 5.24. The Balaban J connectivity index is 2.18. The molecule has 1 saturated heterocycles. The lowest BCUT2D eigenvalue weighted by Gasteiger charge is -2.25. The quantitative estimate of drug-likeness (QED) is 0.769. The van der Waals surface area contributed by atoms with E-state index in [9.17, 15) is 9.59 Å². The van der Waals surface area contributed by atoms with E-state index in [1.54, 1.807) is 17.0 Å². The number of halogens is 1. The minimum Gasteiger partial charge on any atom is -0.331 e. The maximum Gasteiger partial charge on any atom is 0.254 e. The SMILES string of the molecule is Cc1ccc(C(=O)N2CCCC(=O)C2)cc1Cl. The second-order valence-corrected chi connectivity index (χ2v) is 4.74. The number of Topliss-reactive ketones (excluding diaryl/α,β-unsaturated/α-hetero) is 1. The maximum absolute atomic E-state index is 12.1. The van der Waals surface area contributed by atoms with Crippen LogP contribution < -0.4 is 0 Å². The molecule has 0 bridgehead atoms. The zero-order valence-electron chi connectivity index (χ0n) is 9.70. The monoisotopic (exact) mass is 251 g/mol. The normalized spacial score (nSPS) is 16.1. The summed E-state index contributed by atoms with van der Waals surface area (Å²) in [5.74, 6) is 0.0164. The molecule has 2 rings (SSSR count). The molecule has 1 fully saturated rings. The first kappa shape index (κ1) is 12.1. The van der Waals surface area contributed by atoms with E-state index in [1.807, 2.05) is 13.0 Å². The van der Waals surface area contributed by atoms with E-state index >= 15 is 0 Å². The van der Waals surface area contributed by atoms with Crippen LogP contribution in [0.4, 0.5) is 0 Å². The Morgan fingerprint density at radius 3 is 2.82 bits per heavy atom. The van der Waals surface area contributed by atoms with Crippen molar-refractivity contribution < 1.29 is 9.59 Å². The molecule has 0 aliphatic carbocycles. The highest BCUT2D eigenvalue weighted by Crippen LogP contribution is 2.19. The molecule has 0 spiro atoms. The van der Waals surface area contributed by atoms with Gasteiger partial charge in [-0.1, -0.05) is 17.7 Å². The first-order chi connectivity index (χ1) is 8.08. The average Bonchev–Trinajstić information content (AvgIpc) is 2.32. The van der Waals surface area contributed by atoms with Crippen molar-refractivity contribution in [2.75, 3.05) is 13.1 Å². The van der Waals surface area contributed by atoms with Crippen LogP contribution >= 0.6 is 11.6 Å². The molecule has 1 aromatic rings. The number of amides is 1. The van der Waals surface area contributed by atoms with Gasteiger partial charge in [-0.05, 0) is 31.0 Å². The standard InChI is InChI=1S/C13H14ClNO2/c1-9-4-5-10(7-12(9)14)13(17)15-6-2-3-11(16)8-15/h4-5,7H,2-3,6,8H2,1H3. The van der Waals surface area contributed by atoms with Crippen molar-refractivity contribution in [2.24, 2.45) is 0 Å². The van der Waals surface area contributed by atoms with Crippen LogP contribution in [-0.2, 0) is 4.79 Å². The van der Waals surface area contributed by atoms with E-state index in [0.717, 1.165) is 12.0 Å². The van der Waals surface area contributed by atoms with Gasteiger partial charge in [0, 0.05) is 23.6 Å². The van der Waals surface area contributed by atoms with Crippen molar-refractivity contribution in [1.29, 1.82) is 0 Å². The van der Waals surface area contributed by atoms with Crippen LogP contribution in [0.2, 0.25) is 5.02 Å². The third-order valence-electron chi connectivity index (χ3n) is 2.96. The molecule has 0 saturated carbocycles. The molecule has 0 unspecified atom stereocenters. The molecule has 0 aromatic heterocycles. The van der Waals surface area contributed by atoms with E-state index in [0.29, 0.717) is 23.6 Å². The molecule has 4 heteroatoms. The van der Waals surface area contributed by atoms with Crippen LogP contribution in [-0.4, -0.2) is 29.7 Å². The van der Waals surface area contributed by atoms with E-state index in [4.69, 9.17) is 11.6 Å². The van der Waals surface area contributed by atoms with Crippen molar-refractivity contribution in [3.63, 3.8) is 0 Å². The van der Waals surface area contributed by atoms with Gasteiger partial charge in [0.15, 0.2) is 5.78 Å². The van der Waals surface area contributed by atoms with Crippen LogP contribution in [0.5, 0.6) is 0 Å². The van der Waals surface area contributed by atoms with Crippen LogP contribution in [0.1, 0.15) is 28.8 Å². The first-order valence-corrected chi connectivity index (χ1v) is 6.03. The Hall–Kier alpha value is -1.35. The van der Waals surface area contributed by atoms with Gasteiger partial charge in [-0.15, -0.1) is 0 Å². The second-order valence-electron chi connectivity index (χ2n) is 4.33. The molecular weight excluding hydrogens is 238 g/mol. The molecule has 0 N–H and O–H groups in total. The number of benzene rings is 1. The number of carbonyl (C=O) groups is 2. The number of rotatable bonds is 1. The largest absolute Gasteiger partial charge is 0.331 e. The summed E-state index contributed by atoms with van der Waals surface area (Å²) in [5.41, 5.74) is 1.49. The van der Waals surface area contributed by atoms with E-state index < -0.39 is 0 Å². The van der Waals surface area contributed by atoms with Crippen molar-refractivity contribution >= 4 is 23.3 Å². The minimum absolute atomic E-state index is 0.111. The fourth-order valence-electron chi connectivity index (χ4n) is 1.92. The highest BCUT2D eigenvalue weighted by atomic mass is 35.5. The number of likely N-dealkylation sites (tertiary alicyclic amines) is 1. The topological polar surface area (TPSA) is 37.4 Å². The molecule has 1 aromatic carbocycles. The number of aryl methyl sites for hydroxylation is 1. The summed E-state index contributed by atoms with van der Waals surface area (Å²) in [6.07, 6.45) is 1.34. The summed E-state index contributed by atoms with van der Waals surface area (Å²) < 4.78 is 0. The Labute approximate surface area is 105 Å². The smallest absolute Gasteiger partial charge is 0.254 e. The highest BCUT2D eigenvalue weighted by molar-refractivity contribution is 6.31. The summed E-state index contributed by atoms with van der Waals surface area (Å²) >= 11 is 5.99. The number of piperidine rings is 1. The minimum atomic E-state index is -0.111. The second kappa shape index (κ2) is 4.88.